The standard InChI is InChI=1S/C25H52N6O8/c1-2-3-4-5-29-25(32)30-7-9-34-11-13-36-15-17-38-19-21-39-20-18-37-16-14-35-12-10-33-8-6-28-23-24(22-26)31-27/h23H,2-22,26-27H2,1H3,(H2,29,30,32). The Bertz CT molecular complexity index is 587. The number of nitrogens with one attached hydrogen (secondary N) is 2. The summed E-state index contributed by atoms with van der Waals surface area (Å²) in [5.74, 6) is 5.13. The molecule has 0 rings (SSSR count). The molecule has 0 aromatic carbocycles. The maximum atomic E-state index is 11.5. The zero-order valence-electron chi connectivity index (χ0n) is 23.7. The monoisotopic (exact) mass is 564 g/mol. The van der Waals surface area contributed by atoms with Crippen LogP contribution in [0.5, 0.6) is 0 Å². The molecule has 0 saturated carbocycles. The highest BCUT2D eigenvalue weighted by Crippen LogP contribution is 1.90. The topological polar surface area (TPSA) is 183 Å². The van der Waals surface area contributed by atoms with Crippen molar-refractivity contribution in [2.45, 2.75) is 26.2 Å². The van der Waals surface area contributed by atoms with E-state index in [9.17, 15) is 4.79 Å². The molecule has 0 aromatic rings. The van der Waals surface area contributed by atoms with Gasteiger partial charge >= 0.3 is 6.03 Å². The van der Waals surface area contributed by atoms with Crippen molar-refractivity contribution < 1.29 is 38.0 Å². The number of nitrogens with zero attached hydrogens (tertiary/aromatic N) is 2. The van der Waals surface area contributed by atoms with Gasteiger partial charge in [-0.1, -0.05) is 19.8 Å². The number of hydrogen-bond acceptors (Lipinski definition) is 12. The number of hydrazone groups is 1. The molecule has 0 fully saturated rings. The van der Waals surface area contributed by atoms with Crippen LogP contribution in [-0.4, -0.2) is 137 Å². The van der Waals surface area contributed by atoms with Crippen LogP contribution in [-0.2, 0) is 33.2 Å². The lowest BCUT2D eigenvalue weighted by atomic mass is 10.2. The second kappa shape index (κ2) is 32.3. The summed E-state index contributed by atoms with van der Waals surface area (Å²) in [4.78, 5) is 15.6. The van der Waals surface area contributed by atoms with E-state index < -0.39 is 0 Å². The van der Waals surface area contributed by atoms with Gasteiger partial charge in [0.25, 0.3) is 0 Å². The smallest absolute Gasteiger partial charge is 0.314 e. The molecule has 230 valence electrons. The fourth-order valence-electron chi connectivity index (χ4n) is 2.72. The Morgan fingerprint density at radius 3 is 1.54 bits per heavy atom. The minimum absolute atomic E-state index is 0.153. The van der Waals surface area contributed by atoms with Gasteiger partial charge in [0.1, 0.15) is 0 Å². The molecule has 0 radical (unpaired) electrons. The fourth-order valence-corrected chi connectivity index (χ4v) is 2.72. The molecule has 39 heavy (non-hydrogen) atoms. The molecule has 0 spiro atoms. The maximum absolute atomic E-state index is 11.5. The van der Waals surface area contributed by atoms with Gasteiger partial charge in [0.05, 0.1) is 105 Å². The van der Waals surface area contributed by atoms with E-state index in [1.807, 2.05) is 0 Å². The number of hydrogen-bond donors (Lipinski definition) is 4. The molecule has 0 unspecified atom stereocenters. The average Bonchev–Trinajstić information content (AvgIpc) is 2.95. The summed E-state index contributed by atoms with van der Waals surface area (Å²) in [6, 6.07) is -0.153. The van der Waals surface area contributed by atoms with E-state index >= 15 is 0 Å². The summed E-state index contributed by atoms with van der Waals surface area (Å²) in [6.07, 6.45) is 4.81. The summed E-state index contributed by atoms with van der Waals surface area (Å²) in [5, 5.41) is 9.05. The molecule has 0 atom stereocenters. The van der Waals surface area contributed by atoms with Crippen LogP contribution in [0, 0.1) is 0 Å². The van der Waals surface area contributed by atoms with Crippen molar-refractivity contribution in [2.75, 3.05) is 119 Å². The first-order valence-electron chi connectivity index (χ1n) is 13.8. The number of carbonyl (C=O) groups is 1. The van der Waals surface area contributed by atoms with E-state index in [1.165, 1.54) is 0 Å². The van der Waals surface area contributed by atoms with E-state index in [0.717, 1.165) is 19.3 Å². The molecular weight excluding hydrogens is 512 g/mol. The van der Waals surface area contributed by atoms with Gasteiger partial charge < -0.3 is 55.4 Å². The van der Waals surface area contributed by atoms with Gasteiger partial charge in [-0.2, -0.15) is 5.10 Å². The van der Waals surface area contributed by atoms with Crippen LogP contribution in [0.3, 0.4) is 0 Å². The second-order valence-corrected chi connectivity index (χ2v) is 8.04. The van der Waals surface area contributed by atoms with Crippen molar-refractivity contribution >= 4 is 18.0 Å². The van der Waals surface area contributed by atoms with Gasteiger partial charge in [0, 0.05) is 25.8 Å². The Hall–Kier alpha value is -1.91. The van der Waals surface area contributed by atoms with E-state index in [1.54, 1.807) is 6.21 Å². The minimum Gasteiger partial charge on any atom is -0.377 e. The third kappa shape index (κ3) is 30.5. The highest BCUT2D eigenvalue weighted by molar-refractivity contribution is 6.31. The largest absolute Gasteiger partial charge is 0.377 e. The number of amides is 2. The number of rotatable bonds is 30. The van der Waals surface area contributed by atoms with E-state index in [0.29, 0.717) is 118 Å². The number of unbranched alkanes of at least 4 members (excludes halogenated alkanes) is 2. The highest BCUT2D eigenvalue weighted by Gasteiger charge is 1.98. The Kier molecular flexibility index (Phi) is 30.7. The first-order valence-corrected chi connectivity index (χ1v) is 13.8. The van der Waals surface area contributed by atoms with Crippen molar-refractivity contribution in [3.8, 4) is 0 Å². The first kappa shape index (κ1) is 37.1. The van der Waals surface area contributed by atoms with Crippen LogP contribution in [0.4, 0.5) is 4.79 Å². The van der Waals surface area contributed by atoms with Gasteiger partial charge in [-0.15, -0.1) is 0 Å². The second-order valence-electron chi connectivity index (χ2n) is 8.04. The van der Waals surface area contributed by atoms with Crippen LogP contribution in [0.1, 0.15) is 26.2 Å². The van der Waals surface area contributed by atoms with Crippen molar-refractivity contribution in [1.29, 1.82) is 0 Å². The van der Waals surface area contributed by atoms with Gasteiger partial charge in [-0.3, -0.25) is 4.99 Å². The van der Waals surface area contributed by atoms with Crippen LogP contribution in [0.15, 0.2) is 10.1 Å². The van der Waals surface area contributed by atoms with E-state index in [4.69, 9.17) is 44.7 Å². The highest BCUT2D eigenvalue weighted by atomic mass is 16.6. The molecule has 0 aromatic heterocycles. The Labute approximate surface area is 233 Å². The molecular formula is C25H52N6O8. The summed E-state index contributed by atoms with van der Waals surface area (Å²) in [5.41, 5.74) is 5.95. The summed E-state index contributed by atoms with van der Waals surface area (Å²) >= 11 is 0. The van der Waals surface area contributed by atoms with Crippen molar-refractivity contribution in [3.05, 3.63) is 0 Å². The van der Waals surface area contributed by atoms with Crippen LogP contribution >= 0.6 is 0 Å². The Morgan fingerprint density at radius 1 is 0.667 bits per heavy atom. The zero-order valence-corrected chi connectivity index (χ0v) is 23.7. The lowest BCUT2D eigenvalue weighted by Gasteiger charge is -2.09. The van der Waals surface area contributed by atoms with Crippen LogP contribution < -0.4 is 22.2 Å². The predicted octanol–water partition coefficient (Wildman–Crippen LogP) is -0.0638. The molecule has 2 amide bonds. The molecule has 0 aliphatic heterocycles. The number of urea groups is 1. The predicted molar refractivity (Wildman–Crippen MR) is 151 cm³/mol. The number of nitrogens with two attached hydrogens (primary N) is 2. The summed E-state index contributed by atoms with van der Waals surface area (Å²) in [7, 11) is 0. The molecule has 6 N–H and O–H groups in total. The van der Waals surface area contributed by atoms with Crippen molar-refractivity contribution in [3.63, 3.8) is 0 Å². The van der Waals surface area contributed by atoms with E-state index in [2.05, 4.69) is 27.7 Å². The minimum atomic E-state index is -0.153. The van der Waals surface area contributed by atoms with Gasteiger partial charge in [0.15, 0.2) is 0 Å². The fraction of sp³-hybridized carbons (Fsp3) is 0.880. The number of aliphatic imine (C=N–C) groups is 1. The Balaban J connectivity index is 3.15. The van der Waals surface area contributed by atoms with Gasteiger partial charge in [-0.25, -0.2) is 4.79 Å². The maximum Gasteiger partial charge on any atom is 0.314 e. The average molecular weight is 565 g/mol. The molecule has 0 saturated heterocycles. The van der Waals surface area contributed by atoms with Crippen LogP contribution in [0.2, 0.25) is 0 Å². The normalized spacial score (nSPS) is 11.9. The van der Waals surface area contributed by atoms with Crippen molar-refractivity contribution in [1.82, 2.24) is 10.6 Å². The van der Waals surface area contributed by atoms with Crippen LogP contribution in [0.25, 0.3) is 0 Å². The summed E-state index contributed by atoms with van der Waals surface area (Å²) in [6.45, 7) is 10.9. The lowest BCUT2D eigenvalue weighted by molar-refractivity contribution is -0.0201. The third-order valence-electron chi connectivity index (χ3n) is 4.81. The van der Waals surface area contributed by atoms with E-state index in [-0.39, 0.29) is 12.6 Å². The molecule has 0 heterocycles. The molecule has 0 aliphatic rings. The molecule has 0 aliphatic carbocycles. The molecule has 0 bridgehead atoms. The number of ether oxygens (including phenoxy) is 7. The molecule has 14 heteroatoms. The Morgan fingerprint density at radius 2 is 1.10 bits per heavy atom. The zero-order chi connectivity index (χ0) is 28.5. The molecule has 14 nitrogen and oxygen atoms in total. The lowest BCUT2D eigenvalue weighted by Crippen LogP contribution is -2.37. The van der Waals surface area contributed by atoms with Crippen molar-refractivity contribution in [2.24, 2.45) is 21.7 Å². The SMILES string of the molecule is CCCCCNC(=O)NCCOCCOCCOCCOCCOCCOCCOCCN=CC(CN)=NN. The third-order valence-corrected chi connectivity index (χ3v) is 4.81. The number of carbonyl (C=O) groups excluding carboxylic acids is 1. The van der Waals surface area contributed by atoms with Gasteiger partial charge in [0.2, 0.25) is 0 Å². The summed E-state index contributed by atoms with van der Waals surface area (Å²) < 4.78 is 38.0. The quantitative estimate of drug-likeness (QED) is 0.0399. The first-order chi connectivity index (χ1) is 19.2. The van der Waals surface area contributed by atoms with Gasteiger partial charge in [-0.05, 0) is 6.42 Å².